The molecule has 2 aromatic rings. The summed E-state index contributed by atoms with van der Waals surface area (Å²) in [4.78, 5) is 13.0. The standard InChI is InChI=1S/C22H31NO3/c1-7-25-22(6,14-15(2)3)21(24)23-19-12-13-20(26-16(4)5)18-11-9-8-10-17(18)19/h8-13,15-16H,7,14H2,1-6H3,(H,23,24)/t22-/m1/s1. The van der Waals surface area contributed by atoms with Crippen molar-refractivity contribution in [3.8, 4) is 5.75 Å². The zero-order chi connectivity index (χ0) is 19.3. The molecule has 0 heterocycles. The van der Waals surface area contributed by atoms with Gasteiger partial charge in [0.25, 0.3) is 5.91 Å². The number of nitrogens with one attached hydrogen (secondary N) is 1. The number of anilines is 1. The lowest BCUT2D eigenvalue weighted by Gasteiger charge is -2.30. The summed E-state index contributed by atoms with van der Waals surface area (Å²) in [6.07, 6.45) is 0.755. The highest BCUT2D eigenvalue weighted by Crippen LogP contribution is 2.33. The summed E-state index contributed by atoms with van der Waals surface area (Å²) in [5, 5.41) is 5.02. The molecule has 0 aliphatic carbocycles. The Kier molecular flexibility index (Phi) is 6.65. The summed E-state index contributed by atoms with van der Waals surface area (Å²) in [7, 11) is 0. The Morgan fingerprint density at radius 2 is 1.73 bits per heavy atom. The Morgan fingerprint density at radius 3 is 2.31 bits per heavy atom. The Morgan fingerprint density at radius 1 is 1.08 bits per heavy atom. The number of carbonyl (C=O) groups is 1. The molecule has 0 saturated heterocycles. The van der Waals surface area contributed by atoms with Crippen molar-refractivity contribution in [1.82, 2.24) is 0 Å². The van der Waals surface area contributed by atoms with Crippen molar-refractivity contribution in [2.75, 3.05) is 11.9 Å². The second-order valence-electron chi connectivity index (χ2n) is 7.54. The lowest BCUT2D eigenvalue weighted by molar-refractivity contribution is -0.140. The van der Waals surface area contributed by atoms with Gasteiger partial charge in [-0.05, 0) is 52.2 Å². The smallest absolute Gasteiger partial charge is 0.256 e. The molecule has 142 valence electrons. The second kappa shape index (κ2) is 8.54. The topological polar surface area (TPSA) is 47.6 Å². The van der Waals surface area contributed by atoms with Gasteiger partial charge < -0.3 is 14.8 Å². The first-order chi connectivity index (χ1) is 12.3. The molecule has 0 aliphatic heterocycles. The van der Waals surface area contributed by atoms with E-state index in [1.807, 2.05) is 64.1 Å². The van der Waals surface area contributed by atoms with Crippen LogP contribution in [-0.4, -0.2) is 24.2 Å². The predicted octanol–water partition coefficient (Wildman–Crippen LogP) is 5.41. The fourth-order valence-electron chi connectivity index (χ4n) is 3.31. The molecule has 4 nitrogen and oxygen atoms in total. The van der Waals surface area contributed by atoms with Gasteiger partial charge in [0, 0.05) is 23.1 Å². The maximum Gasteiger partial charge on any atom is 0.256 e. The van der Waals surface area contributed by atoms with Crippen LogP contribution in [-0.2, 0) is 9.53 Å². The molecule has 0 unspecified atom stereocenters. The fourth-order valence-corrected chi connectivity index (χ4v) is 3.31. The van der Waals surface area contributed by atoms with E-state index >= 15 is 0 Å². The number of fused-ring (bicyclic) bond motifs is 1. The maximum atomic E-state index is 13.0. The van der Waals surface area contributed by atoms with Crippen molar-refractivity contribution in [3.63, 3.8) is 0 Å². The molecule has 0 bridgehead atoms. The van der Waals surface area contributed by atoms with Crippen LogP contribution in [0.3, 0.4) is 0 Å². The van der Waals surface area contributed by atoms with Gasteiger partial charge >= 0.3 is 0 Å². The SMILES string of the molecule is CCO[C@](C)(CC(C)C)C(=O)Nc1ccc(OC(C)C)c2ccccc12. The van der Waals surface area contributed by atoms with E-state index in [2.05, 4.69) is 19.2 Å². The molecule has 0 spiro atoms. The first-order valence-electron chi connectivity index (χ1n) is 9.40. The molecule has 0 radical (unpaired) electrons. The number of amides is 1. The molecule has 2 rings (SSSR count). The van der Waals surface area contributed by atoms with Gasteiger partial charge in [0.05, 0.1) is 6.10 Å². The molecule has 0 saturated carbocycles. The number of rotatable bonds is 8. The molecule has 1 amide bonds. The van der Waals surface area contributed by atoms with Crippen molar-refractivity contribution in [2.45, 2.75) is 59.7 Å². The molecule has 0 aliphatic rings. The van der Waals surface area contributed by atoms with E-state index in [-0.39, 0.29) is 12.0 Å². The zero-order valence-electron chi connectivity index (χ0n) is 16.8. The maximum absolute atomic E-state index is 13.0. The van der Waals surface area contributed by atoms with Gasteiger partial charge in [-0.25, -0.2) is 0 Å². The van der Waals surface area contributed by atoms with Crippen LogP contribution in [0.4, 0.5) is 5.69 Å². The Balaban J connectivity index is 2.37. The summed E-state index contributed by atoms with van der Waals surface area (Å²) >= 11 is 0. The zero-order valence-corrected chi connectivity index (χ0v) is 16.8. The van der Waals surface area contributed by atoms with Crippen molar-refractivity contribution in [2.24, 2.45) is 5.92 Å². The molecule has 2 aromatic carbocycles. The van der Waals surface area contributed by atoms with E-state index in [0.29, 0.717) is 18.9 Å². The Bertz CT molecular complexity index is 754. The predicted molar refractivity (Wildman–Crippen MR) is 108 cm³/mol. The third-order valence-electron chi connectivity index (χ3n) is 4.24. The highest BCUT2D eigenvalue weighted by atomic mass is 16.5. The minimum atomic E-state index is -0.850. The highest BCUT2D eigenvalue weighted by molar-refractivity contribution is 6.06. The van der Waals surface area contributed by atoms with E-state index in [1.54, 1.807) is 0 Å². The van der Waals surface area contributed by atoms with Crippen LogP contribution < -0.4 is 10.1 Å². The van der Waals surface area contributed by atoms with Gasteiger partial charge in [0.1, 0.15) is 11.4 Å². The minimum absolute atomic E-state index is 0.0890. The molecular formula is C22H31NO3. The number of hydrogen-bond acceptors (Lipinski definition) is 3. The van der Waals surface area contributed by atoms with E-state index in [0.717, 1.165) is 22.2 Å². The Hall–Kier alpha value is -2.07. The summed E-state index contributed by atoms with van der Waals surface area (Å²) < 4.78 is 11.7. The van der Waals surface area contributed by atoms with Crippen molar-refractivity contribution in [3.05, 3.63) is 36.4 Å². The van der Waals surface area contributed by atoms with Gasteiger partial charge in [0.2, 0.25) is 0 Å². The third-order valence-corrected chi connectivity index (χ3v) is 4.24. The molecule has 0 aromatic heterocycles. The largest absolute Gasteiger partial charge is 0.490 e. The number of benzene rings is 2. The Labute approximate surface area is 156 Å². The third kappa shape index (κ3) is 4.76. The van der Waals surface area contributed by atoms with Crippen molar-refractivity contribution in [1.29, 1.82) is 0 Å². The van der Waals surface area contributed by atoms with Crippen LogP contribution >= 0.6 is 0 Å². The summed E-state index contributed by atoms with van der Waals surface area (Å²) in [5.74, 6) is 1.06. The van der Waals surface area contributed by atoms with E-state index < -0.39 is 5.60 Å². The van der Waals surface area contributed by atoms with E-state index in [1.165, 1.54) is 0 Å². The highest BCUT2D eigenvalue weighted by Gasteiger charge is 2.35. The van der Waals surface area contributed by atoms with Gasteiger partial charge in [-0.3, -0.25) is 4.79 Å². The minimum Gasteiger partial charge on any atom is -0.490 e. The van der Waals surface area contributed by atoms with Crippen molar-refractivity contribution < 1.29 is 14.3 Å². The van der Waals surface area contributed by atoms with Gasteiger partial charge in [0.15, 0.2) is 0 Å². The lowest BCUT2D eigenvalue weighted by Crippen LogP contribution is -2.44. The molecule has 26 heavy (non-hydrogen) atoms. The second-order valence-corrected chi connectivity index (χ2v) is 7.54. The van der Waals surface area contributed by atoms with Crippen LogP contribution in [0.15, 0.2) is 36.4 Å². The lowest BCUT2D eigenvalue weighted by atomic mass is 9.92. The van der Waals surface area contributed by atoms with Crippen LogP contribution in [0.5, 0.6) is 5.75 Å². The quantitative estimate of drug-likeness (QED) is 0.687. The molecule has 0 fully saturated rings. The van der Waals surface area contributed by atoms with Gasteiger partial charge in [-0.2, -0.15) is 0 Å². The summed E-state index contributed by atoms with van der Waals surface area (Å²) in [5.41, 5.74) is -0.0756. The normalized spacial score (nSPS) is 13.8. The van der Waals surface area contributed by atoms with E-state index in [4.69, 9.17) is 9.47 Å². The average molecular weight is 357 g/mol. The monoisotopic (exact) mass is 357 g/mol. The van der Waals surface area contributed by atoms with E-state index in [9.17, 15) is 4.79 Å². The van der Waals surface area contributed by atoms with Crippen LogP contribution in [0.1, 0.15) is 48.0 Å². The fraction of sp³-hybridized carbons (Fsp3) is 0.500. The van der Waals surface area contributed by atoms with Gasteiger partial charge in [-0.15, -0.1) is 0 Å². The molecule has 4 heteroatoms. The van der Waals surface area contributed by atoms with Crippen molar-refractivity contribution >= 4 is 22.4 Å². The molecule has 1 N–H and O–H groups in total. The molecular weight excluding hydrogens is 326 g/mol. The summed E-state index contributed by atoms with van der Waals surface area (Å²) in [6, 6.07) is 11.8. The summed E-state index contributed by atoms with van der Waals surface area (Å²) in [6.45, 7) is 12.5. The van der Waals surface area contributed by atoms with Crippen LogP contribution in [0.25, 0.3) is 10.8 Å². The number of carbonyl (C=O) groups excluding carboxylic acids is 1. The first kappa shape index (κ1) is 20.2. The average Bonchev–Trinajstić information content (AvgIpc) is 2.56. The van der Waals surface area contributed by atoms with Crippen LogP contribution in [0.2, 0.25) is 0 Å². The first-order valence-corrected chi connectivity index (χ1v) is 9.40. The van der Waals surface area contributed by atoms with Crippen LogP contribution in [0, 0.1) is 5.92 Å². The molecule has 1 atom stereocenters. The number of ether oxygens (including phenoxy) is 2. The van der Waals surface area contributed by atoms with Gasteiger partial charge in [-0.1, -0.05) is 38.1 Å². The number of hydrogen-bond donors (Lipinski definition) is 1.